The van der Waals surface area contributed by atoms with E-state index in [0.29, 0.717) is 27.6 Å². The van der Waals surface area contributed by atoms with Crippen LogP contribution in [0.15, 0.2) is 51.7 Å². The molecule has 0 amide bonds. The zero-order valence-corrected chi connectivity index (χ0v) is 12.6. The number of carboxylic acids is 1. The smallest absolute Gasteiger partial charge is 0.372 e. The fourth-order valence-electron chi connectivity index (χ4n) is 2.66. The minimum absolute atomic E-state index is 0.350. The van der Waals surface area contributed by atoms with Gasteiger partial charge in [0.1, 0.15) is 5.75 Å². The number of carboxylic acid groups (broad SMARTS) is 1. The molecule has 1 heterocycles. The molecule has 0 aliphatic rings. The molecule has 0 saturated carbocycles. The summed E-state index contributed by atoms with van der Waals surface area (Å²) < 4.78 is 10.2. The zero-order chi connectivity index (χ0) is 16.6. The number of aryl methyl sites for hydroxylation is 1. The SMILES string of the molecule is COc1ccc(-c2c(C(=O)O)oc(=O)c3ccccc23)c(C)c1. The minimum Gasteiger partial charge on any atom is -0.497 e. The van der Waals surface area contributed by atoms with Gasteiger partial charge in [-0.05, 0) is 36.2 Å². The fraction of sp³-hybridized carbons (Fsp3) is 0.111. The molecule has 116 valence electrons. The molecule has 0 saturated heterocycles. The summed E-state index contributed by atoms with van der Waals surface area (Å²) in [5, 5.41) is 10.3. The second-order valence-electron chi connectivity index (χ2n) is 5.13. The Balaban J connectivity index is 2.44. The maximum atomic E-state index is 12.0. The topological polar surface area (TPSA) is 76.7 Å². The minimum atomic E-state index is -1.28. The summed E-state index contributed by atoms with van der Waals surface area (Å²) in [5.41, 5.74) is 1.25. The molecule has 0 radical (unpaired) electrons. The summed E-state index contributed by atoms with van der Waals surface area (Å²) in [5.74, 6) is -0.968. The van der Waals surface area contributed by atoms with E-state index >= 15 is 0 Å². The highest BCUT2D eigenvalue weighted by Gasteiger charge is 2.21. The lowest BCUT2D eigenvalue weighted by atomic mass is 9.95. The molecule has 1 aromatic heterocycles. The molecule has 0 aliphatic heterocycles. The van der Waals surface area contributed by atoms with Gasteiger partial charge in [-0.15, -0.1) is 0 Å². The predicted molar refractivity (Wildman–Crippen MR) is 86.2 cm³/mol. The molecule has 0 atom stereocenters. The van der Waals surface area contributed by atoms with Gasteiger partial charge in [-0.2, -0.15) is 0 Å². The summed E-state index contributed by atoms with van der Waals surface area (Å²) in [6.45, 7) is 1.85. The van der Waals surface area contributed by atoms with Crippen LogP contribution >= 0.6 is 0 Å². The molecule has 3 aromatic rings. The van der Waals surface area contributed by atoms with Crippen LogP contribution in [-0.2, 0) is 0 Å². The van der Waals surface area contributed by atoms with Crippen LogP contribution in [0.2, 0.25) is 0 Å². The Hall–Kier alpha value is -3.08. The van der Waals surface area contributed by atoms with E-state index in [4.69, 9.17) is 9.15 Å². The van der Waals surface area contributed by atoms with Crippen molar-refractivity contribution >= 4 is 16.7 Å². The highest BCUT2D eigenvalue weighted by atomic mass is 16.5. The first kappa shape index (κ1) is 14.8. The molecule has 2 aromatic carbocycles. The van der Waals surface area contributed by atoms with Crippen LogP contribution in [0, 0.1) is 6.92 Å². The molecule has 3 rings (SSSR count). The number of hydrogen-bond donors (Lipinski definition) is 1. The van der Waals surface area contributed by atoms with Crippen molar-refractivity contribution in [1.29, 1.82) is 0 Å². The summed E-state index contributed by atoms with van der Waals surface area (Å²) in [6.07, 6.45) is 0. The van der Waals surface area contributed by atoms with Gasteiger partial charge in [0.2, 0.25) is 5.76 Å². The normalized spacial score (nSPS) is 10.7. The van der Waals surface area contributed by atoms with Gasteiger partial charge in [0, 0.05) is 10.9 Å². The van der Waals surface area contributed by atoms with Crippen LogP contribution < -0.4 is 10.4 Å². The van der Waals surface area contributed by atoms with Gasteiger partial charge in [-0.25, -0.2) is 9.59 Å². The molecule has 1 N–H and O–H groups in total. The monoisotopic (exact) mass is 310 g/mol. The van der Waals surface area contributed by atoms with Crippen molar-refractivity contribution in [3.05, 3.63) is 64.2 Å². The third kappa shape index (κ3) is 2.46. The van der Waals surface area contributed by atoms with Crippen LogP contribution in [0.1, 0.15) is 16.1 Å². The van der Waals surface area contributed by atoms with Gasteiger partial charge in [-0.1, -0.05) is 24.3 Å². The number of carbonyl (C=O) groups is 1. The number of ether oxygens (including phenoxy) is 1. The van der Waals surface area contributed by atoms with E-state index in [2.05, 4.69) is 0 Å². The van der Waals surface area contributed by atoms with Crippen molar-refractivity contribution in [2.45, 2.75) is 6.92 Å². The van der Waals surface area contributed by atoms with Gasteiger partial charge in [0.25, 0.3) is 0 Å². The zero-order valence-electron chi connectivity index (χ0n) is 12.6. The van der Waals surface area contributed by atoms with Crippen LogP contribution in [-0.4, -0.2) is 18.2 Å². The van der Waals surface area contributed by atoms with Gasteiger partial charge < -0.3 is 14.3 Å². The number of hydrogen-bond acceptors (Lipinski definition) is 4. The second kappa shape index (κ2) is 5.61. The van der Waals surface area contributed by atoms with Gasteiger partial charge in [0.15, 0.2) is 0 Å². The van der Waals surface area contributed by atoms with E-state index in [1.807, 2.05) is 6.92 Å². The number of methoxy groups -OCH3 is 1. The average Bonchev–Trinajstić information content (AvgIpc) is 2.55. The van der Waals surface area contributed by atoms with Gasteiger partial charge >= 0.3 is 11.6 Å². The van der Waals surface area contributed by atoms with Crippen molar-refractivity contribution in [2.75, 3.05) is 7.11 Å². The molecule has 0 bridgehead atoms. The number of rotatable bonds is 3. The van der Waals surface area contributed by atoms with E-state index in [-0.39, 0.29) is 5.76 Å². The lowest BCUT2D eigenvalue weighted by molar-refractivity contribution is 0.0659. The summed E-state index contributed by atoms with van der Waals surface area (Å²) in [7, 11) is 1.56. The average molecular weight is 310 g/mol. The third-order valence-corrected chi connectivity index (χ3v) is 3.74. The Kier molecular flexibility index (Phi) is 3.62. The molecule has 0 aliphatic carbocycles. The third-order valence-electron chi connectivity index (χ3n) is 3.74. The standard InChI is InChI=1S/C18H14O5/c1-10-9-11(22-2)7-8-12(10)15-13-5-3-4-6-14(13)18(21)23-16(15)17(19)20/h3-9H,1-2H3,(H,19,20). The van der Waals surface area contributed by atoms with Crippen LogP contribution in [0.4, 0.5) is 0 Å². The first-order valence-electron chi connectivity index (χ1n) is 6.97. The summed E-state index contributed by atoms with van der Waals surface area (Å²) in [4.78, 5) is 23.6. The molecule has 0 spiro atoms. The molecular weight excluding hydrogens is 296 g/mol. The van der Waals surface area contributed by atoms with Crippen molar-refractivity contribution in [2.24, 2.45) is 0 Å². The van der Waals surface area contributed by atoms with Crippen molar-refractivity contribution in [3.8, 4) is 16.9 Å². The Bertz CT molecular complexity index is 969. The lowest BCUT2D eigenvalue weighted by Crippen LogP contribution is -2.09. The Morgan fingerprint density at radius 2 is 1.83 bits per heavy atom. The van der Waals surface area contributed by atoms with Crippen LogP contribution in [0.5, 0.6) is 5.75 Å². The largest absolute Gasteiger partial charge is 0.497 e. The maximum Gasteiger partial charge on any atom is 0.372 e. The highest BCUT2D eigenvalue weighted by Crippen LogP contribution is 2.34. The molecule has 5 nitrogen and oxygen atoms in total. The molecule has 0 fully saturated rings. The van der Waals surface area contributed by atoms with Crippen molar-refractivity contribution in [3.63, 3.8) is 0 Å². The molecule has 23 heavy (non-hydrogen) atoms. The van der Waals surface area contributed by atoms with Crippen LogP contribution in [0.25, 0.3) is 21.9 Å². The molecular formula is C18H14O5. The van der Waals surface area contributed by atoms with Gasteiger partial charge in [0.05, 0.1) is 12.5 Å². The molecule has 5 heteroatoms. The Morgan fingerprint density at radius 3 is 2.43 bits per heavy atom. The number of aromatic carboxylic acids is 1. The van der Waals surface area contributed by atoms with Crippen molar-refractivity contribution in [1.82, 2.24) is 0 Å². The summed E-state index contributed by atoms with van der Waals surface area (Å²) in [6, 6.07) is 12.1. The van der Waals surface area contributed by atoms with E-state index in [1.54, 1.807) is 49.6 Å². The quantitative estimate of drug-likeness (QED) is 0.801. The number of benzene rings is 2. The van der Waals surface area contributed by atoms with Gasteiger partial charge in [-0.3, -0.25) is 0 Å². The van der Waals surface area contributed by atoms with Crippen molar-refractivity contribution < 1.29 is 19.1 Å². The Morgan fingerprint density at radius 1 is 1.13 bits per heavy atom. The first-order valence-corrected chi connectivity index (χ1v) is 6.97. The predicted octanol–water partition coefficient (Wildman–Crippen LogP) is 3.48. The fourth-order valence-corrected chi connectivity index (χ4v) is 2.66. The lowest BCUT2D eigenvalue weighted by Gasteiger charge is -2.12. The van der Waals surface area contributed by atoms with Crippen LogP contribution in [0.3, 0.4) is 0 Å². The second-order valence-corrected chi connectivity index (χ2v) is 5.13. The summed E-state index contributed by atoms with van der Waals surface area (Å²) >= 11 is 0. The number of fused-ring (bicyclic) bond motifs is 1. The molecule has 0 unspecified atom stereocenters. The van der Waals surface area contributed by atoms with E-state index in [0.717, 1.165) is 5.56 Å². The van der Waals surface area contributed by atoms with E-state index in [9.17, 15) is 14.7 Å². The van der Waals surface area contributed by atoms with E-state index < -0.39 is 11.6 Å². The highest BCUT2D eigenvalue weighted by molar-refractivity contribution is 6.05. The first-order chi connectivity index (χ1) is 11.0. The Labute approximate surface area is 131 Å². The maximum absolute atomic E-state index is 12.0. The van der Waals surface area contributed by atoms with E-state index in [1.165, 1.54) is 0 Å².